The molecule has 22 heavy (non-hydrogen) atoms. The number of hydrogen-bond acceptors (Lipinski definition) is 5. The summed E-state index contributed by atoms with van der Waals surface area (Å²) >= 11 is 5.85. The van der Waals surface area contributed by atoms with Crippen LogP contribution in [0.25, 0.3) is 0 Å². The molecule has 2 aromatic carbocycles. The zero-order valence-corrected chi connectivity index (χ0v) is 12.3. The Kier molecular flexibility index (Phi) is 4.85. The maximum atomic E-state index is 12.0. The molecule has 0 atom stereocenters. The second-order valence-electron chi connectivity index (χ2n) is 4.29. The van der Waals surface area contributed by atoms with Gasteiger partial charge in [-0.2, -0.15) is 5.10 Å². The van der Waals surface area contributed by atoms with Gasteiger partial charge in [0.05, 0.1) is 18.9 Å². The van der Waals surface area contributed by atoms with Crippen molar-refractivity contribution in [1.82, 2.24) is 5.43 Å². The van der Waals surface area contributed by atoms with Crippen LogP contribution in [-0.2, 0) is 0 Å². The molecular formula is C15H13ClN2O4. The van der Waals surface area contributed by atoms with Crippen molar-refractivity contribution < 1.29 is 19.7 Å². The van der Waals surface area contributed by atoms with Crippen molar-refractivity contribution in [3.63, 3.8) is 0 Å². The van der Waals surface area contributed by atoms with Crippen LogP contribution in [0, 0.1) is 0 Å². The molecule has 0 aromatic heterocycles. The van der Waals surface area contributed by atoms with E-state index >= 15 is 0 Å². The van der Waals surface area contributed by atoms with Gasteiger partial charge in [-0.25, -0.2) is 5.43 Å². The smallest absolute Gasteiger partial charge is 0.275 e. The van der Waals surface area contributed by atoms with E-state index in [9.17, 15) is 15.0 Å². The van der Waals surface area contributed by atoms with E-state index in [2.05, 4.69) is 10.5 Å². The number of rotatable bonds is 4. The molecule has 2 rings (SSSR count). The fourth-order valence-electron chi connectivity index (χ4n) is 1.70. The van der Waals surface area contributed by atoms with E-state index in [1.807, 2.05) is 0 Å². The Morgan fingerprint density at radius 3 is 2.68 bits per heavy atom. The summed E-state index contributed by atoms with van der Waals surface area (Å²) in [5.41, 5.74) is 3.09. The summed E-state index contributed by atoms with van der Waals surface area (Å²) in [6, 6.07) is 8.82. The predicted octanol–water partition coefficient (Wildman–Crippen LogP) is 2.52. The Morgan fingerprint density at radius 2 is 2.00 bits per heavy atom. The molecule has 0 fully saturated rings. The van der Waals surface area contributed by atoms with E-state index in [-0.39, 0.29) is 17.1 Å². The summed E-state index contributed by atoms with van der Waals surface area (Å²) in [6.45, 7) is 0. The van der Waals surface area contributed by atoms with Crippen LogP contribution < -0.4 is 10.2 Å². The first kappa shape index (κ1) is 15.7. The Morgan fingerprint density at radius 1 is 1.23 bits per heavy atom. The molecule has 1 amide bonds. The van der Waals surface area contributed by atoms with Crippen molar-refractivity contribution in [2.75, 3.05) is 7.11 Å². The van der Waals surface area contributed by atoms with E-state index in [0.717, 1.165) is 0 Å². The lowest BCUT2D eigenvalue weighted by atomic mass is 10.2. The van der Waals surface area contributed by atoms with Gasteiger partial charge in [0.15, 0.2) is 11.5 Å². The molecule has 0 unspecified atom stereocenters. The number of nitrogens with one attached hydrogen (secondary N) is 1. The Balaban J connectivity index is 2.11. The highest BCUT2D eigenvalue weighted by molar-refractivity contribution is 6.31. The van der Waals surface area contributed by atoms with Gasteiger partial charge in [0.2, 0.25) is 0 Å². The number of phenolic OH excluding ortho intramolecular Hbond substituents is 2. The topological polar surface area (TPSA) is 91.2 Å². The maximum Gasteiger partial charge on any atom is 0.275 e. The summed E-state index contributed by atoms with van der Waals surface area (Å²) < 4.78 is 5.08. The van der Waals surface area contributed by atoms with E-state index in [1.165, 1.54) is 37.6 Å². The van der Waals surface area contributed by atoms with Crippen LogP contribution in [0.15, 0.2) is 41.5 Å². The molecule has 0 saturated carbocycles. The monoisotopic (exact) mass is 320 g/mol. The molecule has 0 saturated heterocycles. The van der Waals surface area contributed by atoms with Gasteiger partial charge in [-0.1, -0.05) is 11.6 Å². The third-order valence-corrected chi connectivity index (χ3v) is 3.02. The van der Waals surface area contributed by atoms with E-state index in [4.69, 9.17) is 16.3 Å². The second kappa shape index (κ2) is 6.82. The van der Waals surface area contributed by atoms with Crippen molar-refractivity contribution in [1.29, 1.82) is 0 Å². The molecule has 3 N–H and O–H groups in total. The standard InChI is InChI=1S/C15H13ClN2O4/c1-22-14-5-3-10(16)7-11(14)15(21)18-17-8-9-2-4-12(19)13(20)6-9/h2-8,19-20H,1H3,(H,18,21). The maximum absolute atomic E-state index is 12.0. The SMILES string of the molecule is COc1ccc(Cl)cc1C(=O)NN=Cc1ccc(O)c(O)c1. The highest BCUT2D eigenvalue weighted by Crippen LogP contribution is 2.24. The minimum absolute atomic E-state index is 0.232. The molecule has 0 bridgehead atoms. The van der Waals surface area contributed by atoms with Gasteiger partial charge in [0, 0.05) is 5.02 Å². The van der Waals surface area contributed by atoms with Crippen molar-refractivity contribution in [3.05, 3.63) is 52.5 Å². The Labute approximate surface area is 131 Å². The van der Waals surface area contributed by atoms with Gasteiger partial charge in [0.1, 0.15) is 5.75 Å². The molecule has 0 spiro atoms. The average Bonchev–Trinajstić information content (AvgIpc) is 2.50. The fourth-order valence-corrected chi connectivity index (χ4v) is 1.88. The van der Waals surface area contributed by atoms with Crippen LogP contribution in [0.4, 0.5) is 0 Å². The van der Waals surface area contributed by atoms with Crippen molar-refractivity contribution in [3.8, 4) is 17.2 Å². The zero-order chi connectivity index (χ0) is 16.1. The lowest BCUT2D eigenvalue weighted by Crippen LogP contribution is -2.18. The first-order valence-corrected chi connectivity index (χ1v) is 6.58. The quantitative estimate of drug-likeness (QED) is 0.458. The van der Waals surface area contributed by atoms with Crippen LogP contribution >= 0.6 is 11.6 Å². The number of carbonyl (C=O) groups is 1. The van der Waals surface area contributed by atoms with Crippen LogP contribution in [-0.4, -0.2) is 29.4 Å². The number of ether oxygens (including phenoxy) is 1. The zero-order valence-electron chi connectivity index (χ0n) is 11.6. The van der Waals surface area contributed by atoms with E-state index in [0.29, 0.717) is 16.3 Å². The molecule has 0 heterocycles. The number of carbonyl (C=O) groups excluding carboxylic acids is 1. The number of methoxy groups -OCH3 is 1. The lowest BCUT2D eigenvalue weighted by Gasteiger charge is -2.07. The largest absolute Gasteiger partial charge is 0.504 e. The lowest BCUT2D eigenvalue weighted by molar-refractivity contribution is 0.0952. The number of halogens is 1. The van der Waals surface area contributed by atoms with Crippen molar-refractivity contribution >= 4 is 23.7 Å². The molecule has 7 heteroatoms. The van der Waals surface area contributed by atoms with Crippen LogP contribution in [0.5, 0.6) is 17.2 Å². The molecule has 6 nitrogen and oxygen atoms in total. The number of benzene rings is 2. The number of phenols is 2. The van der Waals surface area contributed by atoms with Gasteiger partial charge < -0.3 is 14.9 Å². The summed E-state index contributed by atoms with van der Waals surface area (Å²) in [4.78, 5) is 12.0. The Bertz CT molecular complexity index is 731. The summed E-state index contributed by atoms with van der Waals surface area (Å²) in [5, 5.41) is 22.7. The predicted molar refractivity (Wildman–Crippen MR) is 82.8 cm³/mol. The molecular weight excluding hydrogens is 308 g/mol. The minimum atomic E-state index is -0.487. The van der Waals surface area contributed by atoms with Gasteiger partial charge >= 0.3 is 0 Å². The van der Waals surface area contributed by atoms with Crippen LogP contribution in [0.1, 0.15) is 15.9 Å². The summed E-state index contributed by atoms with van der Waals surface area (Å²) in [7, 11) is 1.45. The first-order valence-electron chi connectivity index (χ1n) is 6.20. The summed E-state index contributed by atoms with van der Waals surface area (Å²) in [6.07, 6.45) is 1.33. The minimum Gasteiger partial charge on any atom is -0.504 e. The number of aromatic hydroxyl groups is 2. The average molecular weight is 321 g/mol. The molecule has 0 aliphatic carbocycles. The molecule has 0 radical (unpaired) electrons. The molecule has 114 valence electrons. The number of hydrogen-bond donors (Lipinski definition) is 3. The van der Waals surface area contributed by atoms with Crippen molar-refractivity contribution in [2.45, 2.75) is 0 Å². The van der Waals surface area contributed by atoms with E-state index in [1.54, 1.807) is 12.1 Å². The van der Waals surface area contributed by atoms with Crippen molar-refractivity contribution in [2.24, 2.45) is 5.10 Å². The normalized spacial score (nSPS) is 10.6. The van der Waals surface area contributed by atoms with Crippen LogP contribution in [0.3, 0.4) is 0 Å². The van der Waals surface area contributed by atoms with Gasteiger partial charge in [0.25, 0.3) is 5.91 Å². The third-order valence-electron chi connectivity index (χ3n) is 2.79. The number of nitrogens with zero attached hydrogens (tertiary/aromatic N) is 1. The number of hydrazone groups is 1. The van der Waals surface area contributed by atoms with Crippen LogP contribution in [0.2, 0.25) is 5.02 Å². The fraction of sp³-hybridized carbons (Fsp3) is 0.0667. The molecule has 0 aliphatic rings. The van der Waals surface area contributed by atoms with Gasteiger partial charge in [-0.15, -0.1) is 0 Å². The van der Waals surface area contributed by atoms with Gasteiger partial charge in [-0.3, -0.25) is 4.79 Å². The Hall–Kier alpha value is -2.73. The summed E-state index contributed by atoms with van der Waals surface area (Å²) in [5.74, 6) is -0.616. The highest BCUT2D eigenvalue weighted by atomic mass is 35.5. The van der Waals surface area contributed by atoms with Gasteiger partial charge in [-0.05, 0) is 42.0 Å². The third kappa shape index (κ3) is 3.67. The molecule has 2 aromatic rings. The molecule has 0 aliphatic heterocycles. The van der Waals surface area contributed by atoms with E-state index < -0.39 is 5.91 Å². The highest BCUT2D eigenvalue weighted by Gasteiger charge is 2.12. The second-order valence-corrected chi connectivity index (χ2v) is 4.73. The number of amides is 1. The first-order chi connectivity index (χ1) is 10.5.